The van der Waals surface area contributed by atoms with Crippen LogP contribution in [0, 0.1) is 5.82 Å². The lowest BCUT2D eigenvalue weighted by atomic mass is 10.1. The normalized spacial score (nSPS) is 12.2. The second-order valence-electron chi connectivity index (χ2n) is 4.08. The van der Waals surface area contributed by atoms with Gasteiger partial charge in [0.05, 0.1) is 6.10 Å². The van der Waals surface area contributed by atoms with E-state index >= 15 is 0 Å². The zero-order chi connectivity index (χ0) is 13.8. The van der Waals surface area contributed by atoms with Crippen molar-refractivity contribution in [2.45, 2.75) is 26.4 Å². The topological polar surface area (TPSA) is 52.1 Å². The minimum absolute atomic E-state index is 0.157. The molecule has 0 saturated heterocycles. The van der Waals surface area contributed by atoms with Crippen LogP contribution in [-0.4, -0.2) is 21.7 Å². The van der Waals surface area contributed by atoms with Crippen molar-refractivity contribution < 1.29 is 13.9 Å². The lowest BCUT2D eigenvalue weighted by molar-refractivity contribution is 0.0341. The summed E-state index contributed by atoms with van der Waals surface area (Å²) in [6.07, 6.45) is 0.583. The zero-order valence-corrected chi connectivity index (χ0v) is 11.4. The Morgan fingerprint density at radius 2 is 2.11 bits per heavy atom. The monoisotopic (exact) mass is 280 g/mol. The Hall–Kier alpha value is -1.82. The predicted octanol–water partition coefficient (Wildman–Crippen LogP) is 3.30. The van der Waals surface area contributed by atoms with Crippen LogP contribution in [0.2, 0.25) is 0 Å². The first-order valence-corrected chi connectivity index (χ1v) is 6.68. The molecule has 0 spiro atoms. The van der Waals surface area contributed by atoms with E-state index in [1.165, 1.54) is 12.1 Å². The van der Waals surface area contributed by atoms with Gasteiger partial charge in [0.25, 0.3) is 0 Å². The molecule has 4 nitrogen and oxygen atoms in total. The molecule has 100 valence electrons. The molecule has 2 aromatic rings. The smallest absolute Gasteiger partial charge is 0.352 e. The predicted molar refractivity (Wildman–Crippen MR) is 70.5 cm³/mol. The molecule has 0 aliphatic rings. The Bertz CT molecular complexity index is 568. The molecular formula is C13H13FN2O2S. The number of aromatic nitrogens is 2. The van der Waals surface area contributed by atoms with E-state index in [4.69, 9.17) is 4.74 Å². The molecule has 0 N–H and O–H groups in total. The third-order valence-electron chi connectivity index (χ3n) is 2.67. The second kappa shape index (κ2) is 5.88. The largest absolute Gasteiger partial charge is 0.458 e. The molecule has 1 aromatic carbocycles. The Balaban J connectivity index is 2.27. The van der Waals surface area contributed by atoms with E-state index in [2.05, 4.69) is 9.59 Å². The van der Waals surface area contributed by atoms with Crippen LogP contribution in [0.25, 0.3) is 11.3 Å². The molecule has 0 unspecified atom stereocenters. The summed E-state index contributed by atoms with van der Waals surface area (Å²) in [5.41, 5.74) is 1.07. The van der Waals surface area contributed by atoms with Crippen LogP contribution < -0.4 is 0 Å². The first kappa shape index (κ1) is 13.6. The summed E-state index contributed by atoms with van der Waals surface area (Å²) in [6, 6.07) is 5.76. The average Bonchev–Trinajstić information content (AvgIpc) is 2.88. The van der Waals surface area contributed by atoms with Gasteiger partial charge in [0.1, 0.15) is 11.5 Å². The third kappa shape index (κ3) is 3.14. The van der Waals surface area contributed by atoms with Crippen molar-refractivity contribution in [1.82, 2.24) is 9.59 Å². The van der Waals surface area contributed by atoms with Crippen molar-refractivity contribution in [1.29, 1.82) is 0 Å². The fraction of sp³-hybridized carbons (Fsp3) is 0.308. The fourth-order valence-corrected chi connectivity index (χ4v) is 2.01. The van der Waals surface area contributed by atoms with Gasteiger partial charge in [0.2, 0.25) is 0 Å². The van der Waals surface area contributed by atoms with E-state index in [0.29, 0.717) is 16.1 Å². The highest BCUT2D eigenvalue weighted by Crippen LogP contribution is 2.25. The van der Waals surface area contributed by atoms with Gasteiger partial charge in [-0.2, -0.15) is 0 Å². The van der Waals surface area contributed by atoms with Crippen molar-refractivity contribution in [2.75, 3.05) is 0 Å². The Kier molecular flexibility index (Phi) is 4.21. The van der Waals surface area contributed by atoms with Gasteiger partial charge >= 0.3 is 5.97 Å². The SMILES string of the molecule is CC[C@@H](C)OC(=O)c1snnc1-c1ccc(F)cc1. The van der Waals surface area contributed by atoms with Gasteiger partial charge in [0.15, 0.2) is 4.88 Å². The summed E-state index contributed by atoms with van der Waals surface area (Å²) < 4.78 is 21.9. The Morgan fingerprint density at radius 3 is 2.74 bits per heavy atom. The number of halogens is 1. The molecule has 2 rings (SSSR count). The molecule has 1 heterocycles. The van der Waals surface area contributed by atoms with E-state index in [9.17, 15) is 9.18 Å². The van der Waals surface area contributed by atoms with Gasteiger partial charge < -0.3 is 4.74 Å². The van der Waals surface area contributed by atoms with Gasteiger partial charge in [-0.3, -0.25) is 0 Å². The first-order chi connectivity index (χ1) is 9.11. The van der Waals surface area contributed by atoms with Crippen molar-refractivity contribution in [2.24, 2.45) is 0 Å². The lowest BCUT2D eigenvalue weighted by Gasteiger charge is -2.09. The average molecular weight is 280 g/mol. The number of rotatable bonds is 4. The minimum atomic E-state index is -0.441. The number of carbonyl (C=O) groups excluding carboxylic acids is 1. The van der Waals surface area contributed by atoms with Crippen molar-refractivity contribution in [3.63, 3.8) is 0 Å². The fourth-order valence-electron chi connectivity index (χ4n) is 1.44. The van der Waals surface area contributed by atoms with Crippen molar-refractivity contribution in [3.8, 4) is 11.3 Å². The number of hydrogen-bond donors (Lipinski definition) is 0. The highest BCUT2D eigenvalue weighted by Gasteiger charge is 2.20. The Morgan fingerprint density at radius 1 is 1.42 bits per heavy atom. The third-order valence-corrected chi connectivity index (χ3v) is 3.38. The molecule has 0 aliphatic carbocycles. The van der Waals surface area contributed by atoms with Gasteiger partial charge in [-0.05, 0) is 49.1 Å². The van der Waals surface area contributed by atoms with Crippen LogP contribution in [0.4, 0.5) is 4.39 Å². The van der Waals surface area contributed by atoms with Crippen LogP contribution in [0.3, 0.4) is 0 Å². The number of benzene rings is 1. The lowest BCUT2D eigenvalue weighted by Crippen LogP contribution is -2.13. The molecule has 0 aliphatic heterocycles. The van der Waals surface area contributed by atoms with E-state index in [1.54, 1.807) is 12.1 Å². The molecule has 0 amide bonds. The summed E-state index contributed by atoms with van der Waals surface area (Å²) in [6.45, 7) is 3.76. The number of nitrogens with zero attached hydrogens (tertiary/aromatic N) is 2. The zero-order valence-electron chi connectivity index (χ0n) is 10.6. The standard InChI is InChI=1S/C13H13FN2O2S/c1-3-8(2)18-13(17)12-11(15-16-19-12)9-4-6-10(14)7-5-9/h4-8H,3H2,1-2H3/t8-/m1/s1. The number of ether oxygens (including phenoxy) is 1. The maximum absolute atomic E-state index is 12.9. The van der Waals surface area contributed by atoms with Gasteiger partial charge in [-0.25, -0.2) is 9.18 Å². The second-order valence-corrected chi connectivity index (χ2v) is 4.84. The summed E-state index contributed by atoms with van der Waals surface area (Å²) >= 11 is 0.980. The molecule has 1 atom stereocenters. The van der Waals surface area contributed by atoms with Crippen LogP contribution in [-0.2, 0) is 4.74 Å². The molecule has 0 bridgehead atoms. The summed E-state index contributed by atoms with van der Waals surface area (Å²) in [5.74, 6) is -0.778. The quantitative estimate of drug-likeness (QED) is 0.806. The first-order valence-electron chi connectivity index (χ1n) is 5.91. The molecule has 6 heteroatoms. The van der Waals surface area contributed by atoms with Crippen LogP contribution >= 0.6 is 11.5 Å². The molecule has 1 aromatic heterocycles. The van der Waals surface area contributed by atoms with E-state index in [1.807, 2.05) is 13.8 Å². The number of hydrogen-bond acceptors (Lipinski definition) is 5. The van der Waals surface area contributed by atoms with E-state index < -0.39 is 5.97 Å². The molecular weight excluding hydrogens is 267 g/mol. The molecule has 0 radical (unpaired) electrons. The minimum Gasteiger partial charge on any atom is -0.458 e. The highest BCUT2D eigenvalue weighted by molar-refractivity contribution is 7.08. The van der Waals surface area contributed by atoms with Crippen LogP contribution in [0.5, 0.6) is 0 Å². The van der Waals surface area contributed by atoms with Gasteiger partial charge in [-0.1, -0.05) is 11.4 Å². The summed E-state index contributed by atoms with van der Waals surface area (Å²) in [5, 5.41) is 3.92. The summed E-state index contributed by atoms with van der Waals surface area (Å²) in [4.78, 5) is 12.3. The maximum atomic E-state index is 12.9. The maximum Gasteiger partial charge on any atom is 0.352 e. The number of carbonyl (C=O) groups is 1. The molecule has 19 heavy (non-hydrogen) atoms. The van der Waals surface area contributed by atoms with Crippen molar-refractivity contribution in [3.05, 3.63) is 35.0 Å². The van der Waals surface area contributed by atoms with Gasteiger partial charge in [0, 0.05) is 5.56 Å². The summed E-state index contributed by atoms with van der Waals surface area (Å²) in [7, 11) is 0. The van der Waals surface area contributed by atoms with E-state index in [0.717, 1.165) is 18.0 Å². The molecule has 0 saturated carbocycles. The van der Waals surface area contributed by atoms with E-state index in [-0.39, 0.29) is 11.9 Å². The van der Waals surface area contributed by atoms with Crippen LogP contribution in [0.1, 0.15) is 29.9 Å². The van der Waals surface area contributed by atoms with Crippen LogP contribution in [0.15, 0.2) is 24.3 Å². The van der Waals surface area contributed by atoms with Crippen molar-refractivity contribution >= 4 is 17.5 Å². The van der Waals surface area contributed by atoms with Gasteiger partial charge in [-0.15, -0.1) is 5.10 Å². The molecule has 0 fully saturated rings. The highest BCUT2D eigenvalue weighted by atomic mass is 32.1. The Labute approximate surface area is 114 Å². The number of esters is 1.